The monoisotopic (exact) mass is 259 g/mol. The number of nitrogens with zero attached hydrogens (tertiary/aromatic N) is 2. The maximum absolute atomic E-state index is 12.2. The number of aryl methyl sites for hydroxylation is 2. The summed E-state index contributed by atoms with van der Waals surface area (Å²) in [6.45, 7) is 4.80. The molecular formula is C13H13N3O3. The predicted octanol–water partition coefficient (Wildman–Crippen LogP) is 0.740. The summed E-state index contributed by atoms with van der Waals surface area (Å²) >= 11 is 0. The first-order valence-electron chi connectivity index (χ1n) is 5.72. The summed E-state index contributed by atoms with van der Waals surface area (Å²) in [4.78, 5) is 41.9. The standard InChI is InChI=1S/C13H13N3O3/c1-7-4-5-11(8(2)15-7)16-12(18)10(9(3)17)6-14-13(16)19/h4-6H,1-3H3,(H,14,19). The van der Waals surface area contributed by atoms with Gasteiger partial charge >= 0.3 is 5.69 Å². The van der Waals surface area contributed by atoms with Crippen molar-refractivity contribution in [2.24, 2.45) is 0 Å². The predicted molar refractivity (Wildman–Crippen MR) is 69.9 cm³/mol. The van der Waals surface area contributed by atoms with Crippen LogP contribution in [0.15, 0.2) is 27.9 Å². The number of carbonyl (C=O) groups excluding carboxylic acids is 1. The van der Waals surface area contributed by atoms with Gasteiger partial charge in [-0.2, -0.15) is 0 Å². The van der Waals surface area contributed by atoms with Crippen molar-refractivity contribution in [2.75, 3.05) is 0 Å². The minimum Gasteiger partial charge on any atom is -0.313 e. The summed E-state index contributed by atoms with van der Waals surface area (Å²) in [6.07, 6.45) is 1.14. The molecule has 1 N–H and O–H groups in total. The maximum atomic E-state index is 12.2. The number of Topliss-reactive ketones (excluding diaryl/α,β-unsaturated/α-hetero) is 1. The van der Waals surface area contributed by atoms with Gasteiger partial charge in [0, 0.05) is 11.9 Å². The van der Waals surface area contributed by atoms with Gasteiger partial charge in [0.25, 0.3) is 5.56 Å². The molecule has 2 rings (SSSR count). The molecule has 0 aliphatic rings. The maximum Gasteiger partial charge on any atom is 0.333 e. The second-order valence-electron chi connectivity index (χ2n) is 4.26. The molecule has 0 saturated carbocycles. The molecule has 6 heteroatoms. The molecule has 0 aliphatic carbocycles. The van der Waals surface area contributed by atoms with Gasteiger partial charge in [0.05, 0.1) is 16.9 Å². The fourth-order valence-corrected chi connectivity index (χ4v) is 1.86. The second kappa shape index (κ2) is 4.64. The number of aromatic nitrogens is 3. The quantitative estimate of drug-likeness (QED) is 0.806. The van der Waals surface area contributed by atoms with Crippen molar-refractivity contribution in [3.05, 3.63) is 56.1 Å². The highest BCUT2D eigenvalue weighted by atomic mass is 16.2. The van der Waals surface area contributed by atoms with Crippen molar-refractivity contribution in [2.45, 2.75) is 20.8 Å². The topological polar surface area (TPSA) is 84.8 Å². The Bertz CT molecular complexity index is 771. The lowest BCUT2D eigenvalue weighted by Crippen LogP contribution is -2.37. The van der Waals surface area contributed by atoms with E-state index in [0.29, 0.717) is 11.4 Å². The highest BCUT2D eigenvalue weighted by Gasteiger charge is 2.14. The minimum atomic E-state index is -0.634. The van der Waals surface area contributed by atoms with Crippen LogP contribution in [0, 0.1) is 13.8 Å². The smallest absolute Gasteiger partial charge is 0.313 e. The van der Waals surface area contributed by atoms with Crippen LogP contribution in [-0.4, -0.2) is 20.3 Å². The van der Waals surface area contributed by atoms with E-state index in [1.807, 2.05) is 6.92 Å². The summed E-state index contributed by atoms with van der Waals surface area (Å²) in [5.74, 6) is -0.396. The highest BCUT2D eigenvalue weighted by molar-refractivity contribution is 5.93. The summed E-state index contributed by atoms with van der Waals surface area (Å²) in [5, 5.41) is 0. The second-order valence-corrected chi connectivity index (χ2v) is 4.26. The summed E-state index contributed by atoms with van der Waals surface area (Å²) < 4.78 is 0.929. The number of nitrogens with one attached hydrogen (secondary N) is 1. The van der Waals surface area contributed by atoms with E-state index >= 15 is 0 Å². The molecule has 2 heterocycles. The zero-order chi connectivity index (χ0) is 14.2. The average Bonchev–Trinajstić information content (AvgIpc) is 2.31. The lowest BCUT2D eigenvalue weighted by molar-refractivity contribution is 0.101. The van der Waals surface area contributed by atoms with E-state index in [2.05, 4.69) is 9.97 Å². The normalized spacial score (nSPS) is 10.5. The number of hydrogen-bond donors (Lipinski definition) is 1. The van der Waals surface area contributed by atoms with Crippen LogP contribution in [0.25, 0.3) is 5.69 Å². The molecular weight excluding hydrogens is 246 g/mol. The van der Waals surface area contributed by atoms with Gasteiger partial charge < -0.3 is 4.98 Å². The van der Waals surface area contributed by atoms with Gasteiger partial charge in [-0.1, -0.05) is 0 Å². The third kappa shape index (κ3) is 2.24. The molecule has 0 radical (unpaired) electrons. The molecule has 6 nitrogen and oxygen atoms in total. The Hall–Kier alpha value is -2.50. The SMILES string of the molecule is CC(=O)c1c[nH]c(=O)n(-c2ccc(C)nc2C)c1=O. The van der Waals surface area contributed by atoms with E-state index in [4.69, 9.17) is 0 Å². The molecule has 2 aromatic heterocycles. The first kappa shape index (κ1) is 12.9. The van der Waals surface area contributed by atoms with Crippen LogP contribution >= 0.6 is 0 Å². The number of pyridine rings is 1. The lowest BCUT2D eigenvalue weighted by atomic mass is 10.2. The Morgan fingerprint density at radius 2 is 1.95 bits per heavy atom. The number of rotatable bonds is 2. The molecule has 0 saturated heterocycles. The van der Waals surface area contributed by atoms with Crippen LogP contribution in [0.3, 0.4) is 0 Å². The Morgan fingerprint density at radius 3 is 2.53 bits per heavy atom. The molecule has 0 unspecified atom stereocenters. The van der Waals surface area contributed by atoms with Gasteiger partial charge in [-0.15, -0.1) is 0 Å². The van der Waals surface area contributed by atoms with Crippen LogP contribution in [0.5, 0.6) is 0 Å². The van der Waals surface area contributed by atoms with Crippen molar-refractivity contribution in [1.82, 2.24) is 14.5 Å². The molecule has 0 bridgehead atoms. The van der Waals surface area contributed by atoms with Crippen LogP contribution in [0.1, 0.15) is 28.7 Å². The van der Waals surface area contributed by atoms with Gasteiger partial charge in [0.1, 0.15) is 0 Å². The van der Waals surface area contributed by atoms with Crippen LogP contribution < -0.4 is 11.2 Å². The molecule has 98 valence electrons. The van der Waals surface area contributed by atoms with Gasteiger partial charge in [-0.25, -0.2) is 9.36 Å². The van der Waals surface area contributed by atoms with E-state index in [9.17, 15) is 14.4 Å². The number of ketones is 1. The number of carbonyl (C=O) groups is 1. The largest absolute Gasteiger partial charge is 0.333 e. The lowest BCUT2D eigenvalue weighted by Gasteiger charge is -2.08. The third-order valence-electron chi connectivity index (χ3n) is 2.79. The van der Waals surface area contributed by atoms with Crippen molar-refractivity contribution in [3.8, 4) is 5.69 Å². The van der Waals surface area contributed by atoms with E-state index in [0.717, 1.165) is 16.5 Å². The molecule has 2 aromatic rings. The van der Waals surface area contributed by atoms with E-state index in [1.165, 1.54) is 6.92 Å². The Balaban J connectivity index is 2.82. The molecule has 0 spiro atoms. The molecule has 0 aromatic carbocycles. The van der Waals surface area contributed by atoms with Crippen LogP contribution in [0.2, 0.25) is 0 Å². The van der Waals surface area contributed by atoms with Gasteiger partial charge in [0.15, 0.2) is 5.78 Å². The first-order chi connectivity index (χ1) is 8.91. The Kier molecular flexibility index (Phi) is 3.16. The van der Waals surface area contributed by atoms with Crippen LogP contribution in [-0.2, 0) is 0 Å². The zero-order valence-corrected chi connectivity index (χ0v) is 10.9. The third-order valence-corrected chi connectivity index (χ3v) is 2.79. The van der Waals surface area contributed by atoms with Gasteiger partial charge in [0.2, 0.25) is 0 Å². The van der Waals surface area contributed by atoms with Crippen molar-refractivity contribution < 1.29 is 4.79 Å². The van der Waals surface area contributed by atoms with Crippen molar-refractivity contribution in [3.63, 3.8) is 0 Å². The van der Waals surface area contributed by atoms with Crippen molar-refractivity contribution in [1.29, 1.82) is 0 Å². The number of H-pyrrole nitrogens is 1. The Morgan fingerprint density at radius 1 is 1.26 bits per heavy atom. The fraction of sp³-hybridized carbons (Fsp3) is 0.231. The average molecular weight is 259 g/mol. The number of aromatic amines is 1. The molecule has 0 aliphatic heterocycles. The van der Waals surface area contributed by atoms with Gasteiger partial charge in [-0.3, -0.25) is 14.6 Å². The first-order valence-corrected chi connectivity index (χ1v) is 5.72. The molecule has 19 heavy (non-hydrogen) atoms. The summed E-state index contributed by atoms with van der Waals surface area (Å²) in [7, 11) is 0. The minimum absolute atomic E-state index is 0.0559. The number of hydrogen-bond acceptors (Lipinski definition) is 4. The van der Waals surface area contributed by atoms with Crippen molar-refractivity contribution >= 4 is 5.78 Å². The van der Waals surface area contributed by atoms with E-state index < -0.39 is 17.0 Å². The Labute approximate surface area is 108 Å². The fourth-order valence-electron chi connectivity index (χ4n) is 1.86. The zero-order valence-electron chi connectivity index (χ0n) is 10.9. The van der Waals surface area contributed by atoms with E-state index in [1.54, 1.807) is 19.1 Å². The molecule has 0 fully saturated rings. The molecule has 0 amide bonds. The van der Waals surface area contributed by atoms with E-state index in [-0.39, 0.29) is 5.56 Å². The van der Waals surface area contributed by atoms with Crippen LogP contribution in [0.4, 0.5) is 0 Å². The summed E-state index contributed by atoms with van der Waals surface area (Å²) in [6, 6.07) is 3.34. The molecule has 0 atom stereocenters. The highest BCUT2D eigenvalue weighted by Crippen LogP contribution is 2.08. The summed E-state index contributed by atoms with van der Waals surface area (Å²) in [5.41, 5.74) is 0.426. The van der Waals surface area contributed by atoms with Gasteiger partial charge in [-0.05, 0) is 32.9 Å².